The van der Waals surface area contributed by atoms with Gasteiger partial charge in [-0.1, -0.05) is 51.1 Å². The largest absolute Gasteiger partial charge is 0.467 e. The molecule has 1 aromatic carbocycles. The summed E-state index contributed by atoms with van der Waals surface area (Å²) in [7, 11) is 1.24. The Kier molecular flexibility index (Phi) is 9.12. The fraction of sp³-hybridized carbons (Fsp3) is 0.600. The molecule has 0 aromatic heterocycles. The second kappa shape index (κ2) is 11.4. The van der Waals surface area contributed by atoms with Crippen LogP contribution in [-0.4, -0.2) is 66.3 Å². The number of nitrogens with one attached hydrogen (secondary N) is 2. The first kappa shape index (κ1) is 27.9. The van der Waals surface area contributed by atoms with E-state index in [1.165, 1.54) is 12.0 Å². The zero-order chi connectivity index (χ0) is 26.4. The maximum absolute atomic E-state index is 13.6. The van der Waals surface area contributed by atoms with Gasteiger partial charge in [0.15, 0.2) is 0 Å². The summed E-state index contributed by atoms with van der Waals surface area (Å²) in [6.07, 6.45) is -1.24. The Morgan fingerprint density at radius 2 is 1.66 bits per heavy atom. The van der Waals surface area contributed by atoms with E-state index in [9.17, 15) is 19.2 Å². The molecular formula is C25H37N3O7. The first-order valence-electron chi connectivity index (χ1n) is 11.6. The first-order valence-corrected chi connectivity index (χ1v) is 11.6. The maximum Gasteiger partial charge on any atom is 0.408 e. The number of likely N-dealkylation sites (tertiary alicyclic amines) is 1. The number of benzene rings is 1. The predicted octanol–water partition coefficient (Wildman–Crippen LogP) is 2.99. The lowest BCUT2D eigenvalue weighted by molar-refractivity contribution is -0.152. The van der Waals surface area contributed by atoms with E-state index in [4.69, 9.17) is 14.2 Å². The molecule has 0 spiro atoms. The number of carbonyl (C=O) groups is 4. The van der Waals surface area contributed by atoms with Crippen LogP contribution in [0.3, 0.4) is 0 Å². The minimum atomic E-state index is -0.978. The minimum absolute atomic E-state index is 0.0572. The van der Waals surface area contributed by atoms with Crippen molar-refractivity contribution in [1.29, 1.82) is 0 Å². The molecule has 2 N–H and O–H groups in total. The predicted molar refractivity (Wildman–Crippen MR) is 128 cm³/mol. The monoisotopic (exact) mass is 491 g/mol. The zero-order valence-electron chi connectivity index (χ0n) is 21.5. The summed E-state index contributed by atoms with van der Waals surface area (Å²) in [4.78, 5) is 52.2. The third-order valence-corrected chi connectivity index (χ3v) is 5.37. The number of esters is 1. The fourth-order valence-electron chi connectivity index (χ4n) is 3.71. The Hall–Kier alpha value is -3.30. The van der Waals surface area contributed by atoms with Crippen LogP contribution in [0.1, 0.15) is 53.5 Å². The molecule has 0 bridgehead atoms. The fourth-order valence-corrected chi connectivity index (χ4v) is 3.71. The van der Waals surface area contributed by atoms with Gasteiger partial charge in [-0.3, -0.25) is 4.79 Å². The van der Waals surface area contributed by atoms with Gasteiger partial charge in [0.1, 0.15) is 24.3 Å². The molecule has 1 aliphatic heterocycles. The van der Waals surface area contributed by atoms with Crippen molar-refractivity contribution >= 4 is 24.1 Å². The molecule has 0 unspecified atom stereocenters. The van der Waals surface area contributed by atoms with Gasteiger partial charge in [-0.2, -0.15) is 0 Å². The first-order chi connectivity index (χ1) is 16.2. The van der Waals surface area contributed by atoms with Crippen LogP contribution in [0.25, 0.3) is 0 Å². The third-order valence-electron chi connectivity index (χ3n) is 5.37. The number of hydrogen-bond acceptors (Lipinski definition) is 7. The summed E-state index contributed by atoms with van der Waals surface area (Å²) in [5, 5.41) is 5.36. The molecule has 1 heterocycles. The molecule has 1 aromatic rings. The molecule has 0 saturated carbocycles. The van der Waals surface area contributed by atoms with Crippen molar-refractivity contribution in [1.82, 2.24) is 15.5 Å². The second-order valence-corrected chi connectivity index (χ2v) is 10.6. The van der Waals surface area contributed by atoms with Crippen LogP contribution >= 0.6 is 0 Å². The van der Waals surface area contributed by atoms with Crippen molar-refractivity contribution in [2.45, 2.75) is 78.3 Å². The number of alkyl carbamates (subject to hydrolysis) is 2. The van der Waals surface area contributed by atoms with Gasteiger partial charge in [-0.15, -0.1) is 0 Å². The number of ether oxygens (including phenoxy) is 3. The normalized spacial score (nSPS) is 18.9. The summed E-state index contributed by atoms with van der Waals surface area (Å²) in [6, 6.07) is 6.79. The highest BCUT2D eigenvalue weighted by Gasteiger charge is 2.46. The Morgan fingerprint density at radius 3 is 2.20 bits per heavy atom. The van der Waals surface area contributed by atoms with Crippen LogP contribution in [-0.2, 0) is 30.4 Å². The summed E-state index contributed by atoms with van der Waals surface area (Å²) in [6.45, 7) is 10.7. The Bertz CT molecular complexity index is 906. The van der Waals surface area contributed by atoms with E-state index in [0.717, 1.165) is 5.56 Å². The van der Waals surface area contributed by atoms with E-state index in [0.29, 0.717) is 0 Å². The maximum atomic E-state index is 13.6. The molecule has 194 valence electrons. The molecular weight excluding hydrogens is 454 g/mol. The average molecular weight is 492 g/mol. The Balaban J connectivity index is 2.12. The van der Waals surface area contributed by atoms with Gasteiger partial charge in [0.25, 0.3) is 0 Å². The van der Waals surface area contributed by atoms with Crippen LogP contribution in [0.15, 0.2) is 30.3 Å². The van der Waals surface area contributed by atoms with E-state index in [1.54, 1.807) is 41.5 Å². The van der Waals surface area contributed by atoms with Crippen molar-refractivity contribution in [2.24, 2.45) is 5.41 Å². The van der Waals surface area contributed by atoms with Crippen molar-refractivity contribution in [3.8, 4) is 0 Å². The van der Waals surface area contributed by atoms with Gasteiger partial charge in [-0.05, 0) is 31.7 Å². The van der Waals surface area contributed by atoms with E-state index < -0.39 is 53.2 Å². The van der Waals surface area contributed by atoms with Gasteiger partial charge in [-0.25, -0.2) is 14.4 Å². The lowest BCUT2D eigenvalue weighted by atomic mass is 9.85. The number of amides is 3. The van der Waals surface area contributed by atoms with E-state index in [-0.39, 0.29) is 19.6 Å². The molecule has 10 nitrogen and oxygen atoms in total. The van der Waals surface area contributed by atoms with E-state index in [1.807, 2.05) is 30.3 Å². The Morgan fingerprint density at radius 1 is 1.03 bits per heavy atom. The highest BCUT2D eigenvalue weighted by Crippen LogP contribution is 2.27. The summed E-state index contributed by atoms with van der Waals surface area (Å²) >= 11 is 0. The number of nitrogens with zero attached hydrogens (tertiary/aromatic N) is 1. The van der Waals surface area contributed by atoms with Crippen LogP contribution in [0, 0.1) is 5.41 Å². The summed E-state index contributed by atoms with van der Waals surface area (Å²) in [5.41, 5.74) is -0.596. The highest BCUT2D eigenvalue weighted by molar-refractivity contribution is 5.91. The second-order valence-electron chi connectivity index (χ2n) is 10.6. The lowest BCUT2D eigenvalue weighted by Crippen LogP contribution is -2.57. The van der Waals surface area contributed by atoms with Gasteiger partial charge in [0.05, 0.1) is 13.2 Å². The molecule has 1 aliphatic rings. The van der Waals surface area contributed by atoms with Gasteiger partial charge in [0.2, 0.25) is 5.91 Å². The zero-order valence-corrected chi connectivity index (χ0v) is 21.5. The molecule has 0 aliphatic carbocycles. The molecule has 1 saturated heterocycles. The van der Waals surface area contributed by atoms with E-state index in [2.05, 4.69) is 10.6 Å². The number of carbonyl (C=O) groups excluding carboxylic acids is 4. The molecule has 35 heavy (non-hydrogen) atoms. The standard InChI is InChI=1S/C25H37N3O7/c1-24(2,3)19(27-23(32)35-25(4,5)6)20(29)28-14-17(13-18(28)21(30)33-7)26-22(31)34-15-16-11-9-8-10-12-16/h8-12,17-19H,13-15H2,1-7H3,(H,26,31)(H,27,32)/t17-,18-,19+/m0/s1. The molecule has 0 radical (unpaired) electrons. The van der Waals surface area contributed by atoms with Gasteiger partial charge >= 0.3 is 18.2 Å². The SMILES string of the molecule is COC(=O)[C@@H]1C[C@H](NC(=O)OCc2ccccc2)CN1C(=O)[C@@H](NC(=O)OC(C)(C)C)C(C)(C)C. The van der Waals surface area contributed by atoms with Crippen molar-refractivity contribution in [3.63, 3.8) is 0 Å². The van der Waals surface area contributed by atoms with Gasteiger partial charge < -0.3 is 29.7 Å². The minimum Gasteiger partial charge on any atom is -0.467 e. The number of rotatable bonds is 6. The average Bonchev–Trinajstić information content (AvgIpc) is 3.17. The smallest absolute Gasteiger partial charge is 0.408 e. The number of methoxy groups -OCH3 is 1. The molecule has 2 rings (SSSR count). The van der Waals surface area contributed by atoms with Crippen LogP contribution in [0.2, 0.25) is 0 Å². The highest BCUT2D eigenvalue weighted by atomic mass is 16.6. The van der Waals surface area contributed by atoms with Crippen molar-refractivity contribution in [3.05, 3.63) is 35.9 Å². The molecule has 1 fully saturated rings. The van der Waals surface area contributed by atoms with E-state index >= 15 is 0 Å². The van der Waals surface area contributed by atoms with Crippen LogP contribution < -0.4 is 10.6 Å². The third kappa shape index (κ3) is 8.45. The summed E-state index contributed by atoms with van der Waals surface area (Å²) in [5.74, 6) is -1.08. The van der Waals surface area contributed by atoms with Crippen molar-refractivity contribution < 1.29 is 33.4 Å². The molecule has 10 heteroatoms. The lowest BCUT2D eigenvalue weighted by Gasteiger charge is -2.35. The topological polar surface area (TPSA) is 123 Å². The number of hydrogen-bond donors (Lipinski definition) is 2. The van der Waals surface area contributed by atoms with Crippen LogP contribution in [0.4, 0.5) is 9.59 Å². The quantitative estimate of drug-likeness (QED) is 0.463. The van der Waals surface area contributed by atoms with Crippen LogP contribution in [0.5, 0.6) is 0 Å². The summed E-state index contributed by atoms with van der Waals surface area (Å²) < 4.78 is 15.5. The van der Waals surface area contributed by atoms with Gasteiger partial charge in [0, 0.05) is 13.0 Å². The van der Waals surface area contributed by atoms with Crippen molar-refractivity contribution in [2.75, 3.05) is 13.7 Å². The molecule has 3 atom stereocenters. The molecule has 3 amide bonds. The Labute approximate surface area is 206 Å².